The molecule has 0 saturated carbocycles. The number of nitrogens with zero attached hydrogens (tertiary/aromatic N) is 4. The molecule has 2 rings (SSSR count). The molecule has 1 aliphatic rings. The molecule has 7 nitrogen and oxygen atoms in total. The summed E-state index contributed by atoms with van der Waals surface area (Å²) in [6, 6.07) is 0.688. The van der Waals surface area contributed by atoms with Gasteiger partial charge in [0.25, 0.3) is 0 Å². The summed E-state index contributed by atoms with van der Waals surface area (Å²) in [5.74, 6) is 0.608. The highest BCUT2D eigenvalue weighted by Gasteiger charge is 2.17. The van der Waals surface area contributed by atoms with Crippen LogP contribution in [-0.2, 0) is 4.74 Å². The Kier molecular flexibility index (Phi) is 7.15. The maximum absolute atomic E-state index is 5.62. The van der Waals surface area contributed by atoms with Crippen LogP contribution in [0.2, 0.25) is 0 Å². The average Bonchev–Trinajstić information content (AvgIpc) is 2.56. The van der Waals surface area contributed by atoms with Gasteiger partial charge in [-0.05, 0) is 12.8 Å². The van der Waals surface area contributed by atoms with Gasteiger partial charge in [0.15, 0.2) is 0 Å². The van der Waals surface area contributed by atoms with Crippen molar-refractivity contribution in [2.45, 2.75) is 39.5 Å². The Labute approximate surface area is 132 Å². The van der Waals surface area contributed by atoms with E-state index in [1.54, 1.807) is 0 Å². The third-order valence-corrected chi connectivity index (χ3v) is 3.33. The minimum absolute atomic E-state index is 0.344. The first-order chi connectivity index (χ1) is 10.8. The summed E-state index contributed by atoms with van der Waals surface area (Å²) in [7, 11) is 0. The van der Waals surface area contributed by atoms with Gasteiger partial charge in [-0.3, -0.25) is 0 Å². The molecular formula is C15H26N4O3. The van der Waals surface area contributed by atoms with Crippen molar-refractivity contribution in [1.29, 1.82) is 0 Å². The Morgan fingerprint density at radius 2 is 1.45 bits per heavy atom. The summed E-state index contributed by atoms with van der Waals surface area (Å²) in [5, 5.41) is 0. The van der Waals surface area contributed by atoms with Crippen LogP contribution in [0.3, 0.4) is 0 Å². The van der Waals surface area contributed by atoms with Crippen LogP contribution in [0.5, 0.6) is 12.0 Å². The molecule has 0 aliphatic carbocycles. The highest BCUT2D eigenvalue weighted by Crippen LogP contribution is 2.18. The standard InChI is InChI=1S/C15H26N4O3/c1-3-5-9-21-14-16-13(19-7-11-20-12-8-19)17-15(18-14)22-10-6-4-2/h3-12H2,1-2H3. The first-order valence-electron chi connectivity index (χ1n) is 8.17. The van der Waals surface area contributed by atoms with E-state index in [9.17, 15) is 0 Å². The van der Waals surface area contributed by atoms with Crippen molar-refractivity contribution in [3.05, 3.63) is 0 Å². The number of rotatable bonds is 9. The predicted molar refractivity (Wildman–Crippen MR) is 83.7 cm³/mol. The van der Waals surface area contributed by atoms with E-state index in [-0.39, 0.29) is 0 Å². The fraction of sp³-hybridized carbons (Fsp3) is 0.800. The Bertz CT molecular complexity index is 411. The lowest BCUT2D eigenvalue weighted by Gasteiger charge is -2.26. The molecule has 1 aliphatic heterocycles. The summed E-state index contributed by atoms with van der Waals surface area (Å²) < 4.78 is 16.6. The van der Waals surface area contributed by atoms with Gasteiger partial charge in [0.05, 0.1) is 26.4 Å². The fourth-order valence-corrected chi connectivity index (χ4v) is 1.98. The minimum Gasteiger partial charge on any atom is -0.463 e. The maximum Gasteiger partial charge on any atom is 0.324 e. The molecule has 7 heteroatoms. The second-order valence-electron chi connectivity index (χ2n) is 5.20. The van der Waals surface area contributed by atoms with E-state index in [2.05, 4.69) is 33.7 Å². The van der Waals surface area contributed by atoms with E-state index in [1.165, 1.54) is 0 Å². The molecule has 0 N–H and O–H groups in total. The van der Waals surface area contributed by atoms with Gasteiger partial charge in [0, 0.05) is 13.1 Å². The summed E-state index contributed by atoms with van der Waals surface area (Å²) in [6.45, 7) is 8.37. The van der Waals surface area contributed by atoms with Gasteiger partial charge in [-0.1, -0.05) is 26.7 Å². The van der Waals surface area contributed by atoms with Crippen molar-refractivity contribution < 1.29 is 14.2 Å². The third-order valence-electron chi connectivity index (χ3n) is 3.33. The number of unbranched alkanes of at least 4 members (excludes halogenated alkanes) is 2. The van der Waals surface area contributed by atoms with Gasteiger partial charge in [0.1, 0.15) is 0 Å². The summed E-state index contributed by atoms with van der Waals surface area (Å²) >= 11 is 0. The minimum atomic E-state index is 0.344. The number of ether oxygens (including phenoxy) is 3. The molecule has 1 fully saturated rings. The van der Waals surface area contributed by atoms with Crippen LogP contribution in [0.25, 0.3) is 0 Å². The molecule has 124 valence electrons. The van der Waals surface area contributed by atoms with Gasteiger partial charge in [-0.25, -0.2) is 0 Å². The monoisotopic (exact) mass is 310 g/mol. The Hall–Kier alpha value is -1.63. The molecule has 0 radical (unpaired) electrons. The van der Waals surface area contributed by atoms with Crippen LogP contribution in [0.15, 0.2) is 0 Å². The molecule has 0 aromatic carbocycles. The van der Waals surface area contributed by atoms with E-state index >= 15 is 0 Å². The molecule has 0 amide bonds. The van der Waals surface area contributed by atoms with Crippen molar-refractivity contribution >= 4 is 5.95 Å². The van der Waals surface area contributed by atoms with E-state index in [4.69, 9.17) is 14.2 Å². The molecule has 0 spiro atoms. The van der Waals surface area contributed by atoms with Crippen molar-refractivity contribution in [2.75, 3.05) is 44.4 Å². The van der Waals surface area contributed by atoms with Crippen molar-refractivity contribution in [2.24, 2.45) is 0 Å². The Morgan fingerprint density at radius 1 is 0.909 bits per heavy atom. The second-order valence-corrected chi connectivity index (χ2v) is 5.20. The van der Waals surface area contributed by atoms with Gasteiger partial charge in [-0.2, -0.15) is 9.97 Å². The molecule has 0 atom stereocenters. The van der Waals surface area contributed by atoms with Crippen molar-refractivity contribution in [3.8, 4) is 12.0 Å². The maximum atomic E-state index is 5.62. The van der Waals surface area contributed by atoms with E-state index in [1.807, 2.05) is 0 Å². The first-order valence-corrected chi connectivity index (χ1v) is 8.17. The van der Waals surface area contributed by atoms with Crippen LogP contribution >= 0.6 is 0 Å². The lowest BCUT2D eigenvalue weighted by molar-refractivity contribution is 0.121. The van der Waals surface area contributed by atoms with Crippen molar-refractivity contribution in [3.63, 3.8) is 0 Å². The zero-order chi connectivity index (χ0) is 15.6. The largest absolute Gasteiger partial charge is 0.463 e. The van der Waals surface area contributed by atoms with E-state index in [0.29, 0.717) is 44.4 Å². The van der Waals surface area contributed by atoms with Gasteiger partial charge in [-0.15, -0.1) is 4.98 Å². The molecule has 0 unspecified atom stereocenters. The summed E-state index contributed by atoms with van der Waals surface area (Å²) in [6.07, 6.45) is 4.09. The zero-order valence-corrected chi connectivity index (χ0v) is 13.6. The zero-order valence-electron chi connectivity index (χ0n) is 13.6. The number of anilines is 1. The molecule has 1 aromatic heterocycles. The number of morpholine rings is 1. The smallest absolute Gasteiger partial charge is 0.324 e. The highest BCUT2D eigenvalue weighted by atomic mass is 16.5. The molecule has 1 saturated heterocycles. The molecule has 1 aromatic rings. The van der Waals surface area contributed by atoms with Crippen LogP contribution in [0, 0.1) is 0 Å². The quantitative estimate of drug-likeness (QED) is 0.647. The molecule has 0 bridgehead atoms. The molecule has 22 heavy (non-hydrogen) atoms. The summed E-state index contributed by atoms with van der Waals surface area (Å²) in [5.41, 5.74) is 0. The van der Waals surface area contributed by atoms with Gasteiger partial charge >= 0.3 is 12.0 Å². The number of hydrogen-bond donors (Lipinski definition) is 0. The Balaban J connectivity index is 2.07. The van der Waals surface area contributed by atoms with Gasteiger partial charge in [0.2, 0.25) is 5.95 Å². The number of hydrogen-bond acceptors (Lipinski definition) is 7. The first kappa shape index (κ1) is 16.7. The normalized spacial score (nSPS) is 14.9. The topological polar surface area (TPSA) is 69.6 Å². The number of aromatic nitrogens is 3. The highest BCUT2D eigenvalue weighted by molar-refractivity contribution is 5.32. The molecule has 2 heterocycles. The SMILES string of the molecule is CCCCOc1nc(OCCCC)nc(N2CCOCC2)n1. The van der Waals surface area contributed by atoms with Crippen LogP contribution in [-0.4, -0.2) is 54.5 Å². The average molecular weight is 310 g/mol. The van der Waals surface area contributed by atoms with Crippen molar-refractivity contribution in [1.82, 2.24) is 15.0 Å². The van der Waals surface area contributed by atoms with E-state index < -0.39 is 0 Å². The van der Waals surface area contributed by atoms with Crippen LogP contribution in [0.1, 0.15) is 39.5 Å². The second kappa shape index (κ2) is 9.40. The molecular weight excluding hydrogens is 284 g/mol. The summed E-state index contributed by atoms with van der Waals surface area (Å²) in [4.78, 5) is 15.1. The Morgan fingerprint density at radius 3 is 1.95 bits per heavy atom. The predicted octanol–water partition coefficient (Wildman–Crippen LogP) is 2.07. The third kappa shape index (κ3) is 5.29. The van der Waals surface area contributed by atoms with Crippen LogP contribution in [0.4, 0.5) is 5.95 Å². The van der Waals surface area contributed by atoms with E-state index in [0.717, 1.165) is 38.8 Å². The lowest BCUT2D eigenvalue weighted by atomic mass is 10.4. The fourth-order valence-electron chi connectivity index (χ4n) is 1.98. The van der Waals surface area contributed by atoms with Gasteiger partial charge < -0.3 is 19.1 Å². The van der Waals surface area contributed by atoms with Crippen LogP contribution < -0.4 is 14.4 Å². The lowest BCUT2D eigenvalue weighted by Crippen LogP contribution is -2.37.